The zero-order valence-electron chi connectivity index (χ0n) is 14.7. The van der Waals surface area contributed by atoms with E-state index >= 15 is 0 Å². The van der Waals surface area contributed by atoms with Gasteiger partial charge in [-0.15, -0.1) is 0 Å². The minimum Gasteiger partial charge on any atom is -0.466 e. The highest BCUT2D eigenvalue weighted by Crippen LogP contribution is 2.46. The zero-order valence-corrected chi connectivity index (χ0v) is 14.7. The lowest BCUT2D eigenvalue weighted by Gasteiger charge is -2.39. The van der Waals surface area contributed by atoms with Crippen molar-refractivity contribution in [2.75, 3.05) is 6.61 Å². The smallest absolute Gasteiger partial charge is 0.306 e. The molecule has 0 radical (unpaired) electrons. The third kappa shape index (κ3) is 3.66. The molecule has 1 aliphatic carbocycles. The largest absolute Gasteiger partial charge is 0.466 e. The molecule has 1 aromatic carbocycles. The van der Waals surface area contributed by atoms with Crippen LogP contribution in [0.5, 0.6) is 0 Å². The van der Waals surface area contributed by atoms with E-state index < -0.39 is 0 Å². The van der Waals surface area contributed by atoms with Gasteiger partial charge in [-0.1, -0.05) is 18.2 Å². The first-order valence-corrected chi connectivity index (χ1v) is 9.05. The second-order valence-corrected chi connectivity index (χ2v) is 6.94. The summed E-state index contributed by atoms with van der Waals surface area (Å²) in [5.74, 6) is 0.258. The van der Waals surface area contributed by atoms with Crippen LogP contribution in [0.25, 0.3) is 10.9 Å². The van der Waals surface area contributed by atoms with Gasteiger partial charge in [0.25, 0.3) is 0 Å². The molecule has 0 saturated heterocycles. The highest BCUT2D eigenvalue weighted by molar-refractivity contribution is 5.83. The highest BCUT2D eigenvalue weighted by atomic mass is 16.5. The van der Waals surface area contributed by atoms with Crippen LogP contribution in [0.4, 0.5) is 0 Å². The minimum absolute atomic E-state index is 0.102. The van der Waals surface area contributed by atoms with Crippen molar-refractivity contribution in [3.05, 3.63) is 42.1 Å². The summed E-state index contributed by atoms with van der Waals surface area (Å²) in [7, 11) is 0. The lowest BCUT2D eigenvalue weighted by Crippen LogP contribution is -2.32. The molecule has 1 heterocycles. The summed E-state index contributed by atoms with van der Waals surface area (Å²) < 4.78 is 5.09. The maximum Gasteiger partial charge on any atom is 0.306 e. The number of fused-ring (bicyclic) bond motifs is 1. The molecule has 130 valence electrons. The number of esters is 1. The molecule has 2 aromatic rings. The Morgan fingerprint density at radius 2 is 2.08 bits per heavy atom. The van der Waals surface area contributed by atoms with E-state index in [0.29, 0.717) is 25.4 Å². The van der Waals surface area contributed by atoms with Gasteiger partial charge in [0.05, 0.1) is 18.2 Å². The van der Waals surface area contributed by atoms with Gasteiger partial charge in [-0.2, -0.15) is 5.26 Å². The molecule has 0 spiro atoms. The molecular formula is C21H24N2O2. The number of hydrogen-bond donors (Lipinski definition) is 0. The molecule has 3 rings (SSSR count). The molecule has 25 heavy (non-hydrogen) atoms. The topological polar surface area (TPSA) is 63.0 Å². The number of nitriles is 1. The summed E-state index contributed by atoms with van der Waals surface area (Å²) in [6, 6.07) is 12.6. The number of pyridine rings is 1. The van der Waals surface area contributed by atoms with Crippen LogP contribution in [0, 0.1) is 17.2 Å². The van der Waals surface area contributed by atoms with Crippen LogP contribution < -0.4 is 0 Å². The maximum atomic E-state index is 11.8. The van der Waals surface area contributed by atoms with Crippen LogP contribution in [0.2, 0.25) is 0 Å². The van der Waals surface area contributed by atoms with Gasteiger partial charge in [-0.05, 0) is 56.2 Å². The number of rotatable bonds is 5. The van der Waals surface area contributed by atoms with Crippen molar-refractivity contribution in [3.8, 4) is 6.07 Å². The molecule has 0 bridgehead atoms. The van der Waals surface area contributed by atoms with Gasteiger partial charge in [-0.3, -0.25) is 9.78 Å². The molecule has 1 aliphatic rings. The lowest BCUT2D eigenvalue weighted by atomic mass is 9.64. The Kier molecular flexibility index (Phi) is 5.33. The Balaban J connectivity index is 1.84. The molecule has 0 N–H and O–H groups in total. The number of ether oxygens (including phenoxy) is 1. The van der Waals surface area contributed by atoms with E-state index in [1.807, 2.05) is 31.3 Å². The second-order valence-electron chi connectivity index (χ2n) is 6.94. The van der Waals surface area contributed by atoms with Gasteiger partial charge < -0.3 is 4.74 Å². The number of para-hydroxylation sites is 1. The third-order valence-corrected chi connectivity index (χ3v) is 5.46. The quantitative estimate of drug-likeness (QED) is 0.753. The van der Waals surface area contributed by atoms with Crippen LogP contribution in [-0.4, -0.2) is 17.6 Å². The Morgan fingerprint density at radius 1 is 1.32 bits per heavy atom. The number of nitrogens with zero attached hydrogens (tertiary/aromatic N) is 2. The summed E-state index contributed by atoms with van der Waals surface area (Å²) in [5.41, 5.74) is 2.07. The summed E-state index contributed by atoms with van der Waals surface area (Å²) in [5, 5.41) is 10.6. The number of benzene rings is 1. The summed E-state index contributed by atoms with van der Waals surface area (Å²) >= 11 is 0. The highest BCUT2D eigenvalue weighted by Gasteiger charge is 2.38. The SMILES string of the molecule is CCOC(=O)CC1CCC(CC#N)(c2ccnc3ccccc23)CC1. The third-order valence-electron chi connectivity index (χ3n) is 5.46. The molecule has 4 nitrogen and oxygen atoms in total. The van der Waals surface area contributed by atoms with Crippen LogP contribution >= 0.6 is 0 Å². The molecule has 1 fully saturated rings. The Hall–Kier alpha value is -2.41. The van der Waals surface area contributed by atoms with E-state index in [1.54, 1.807) is 0 Å². The molecule has 1 saturated carbocycles. The van der Waals surface area contributed by atoms with Crippen molar-refractivity contribution in [2.24, 2.45) is 5.92 Å². The zero-order chi connectivity index (χ0) is 17.7. The second kappa shape index (κ2) is 7.65. The first kappa shape index (κ1) is 17.4. The average molecular weight is 336 g/mol. The van der Waals surface area contributed by atoms with Gasteiger partial charge in [-0.25, -0.2) is 0 Å². The molecule has 0 unspecified atom stereocenters. The van der Waals surface area contributed by atoms with Gasteiger partial charge in [0.15, 0.2) is 0 Å². The van der Waals surface area contributed by atoms with Crippen molar-refractivity contribution in [3.63, 3.8) is 0 Å². The Labute approximate surface area is 148 Å². The lowest BCUT2D eigenvalue weighted by molar-refractivity contribution is -0.144. The van der Waals surface area contributed by atoms with E-state index in [2.05, 4.69) is 23.2 Å². The standard InChI is InChI=1S/C21H24N2O2/c1-2-25-20(24)15-16-7-10-21(11-8-16,12-13-22)18-9-14-23-19-6-4-3-5-17(18)19/h3-6,9,14,16H,2,7-8,10-12,15H2,1H3. The van der Waals surface area contributed by atoms with Crippen LogP contribution in [0.3, 0.4) is 0 Å². The molecule has 0 amide bonds. The van der Waals surface area contributed by atoms with Crippen molar-refractivity contribution >= 4 is 16.9 Å². The number of carbonyl (C=O) groups is 1. The maximum absolute atomic E-state index is 11.8. The van der Waals surface area contributed by atoms with E-state index in [1.165, 1.54) is 5.56 Å². The monoisotopic (exact) mass is 336 g/mol. The molecule has 4 heteroatoms. The molecular weight excluding hydrogens is 312 g/mol. The summed E-state index contributed by atoms with van der Waals surface area (Å²) in [6.45, 7) is 2.28. The fraction of sp³-hybridized carbons (Fsp3) is 0.476. The van der Waals surface area contributed by atoms with Gasteiger partial charge in [0, 0.05) is 29.8 Å². The van der Waals surface area contributed by atoms with E-state index in [0.717, 1.165) is 36.6 Å². The van der Waals surface area contributed by atoms with E-state index in [4.69, 9.17) is 4.74 Å². The molecule has 1 aromatic heterocycles. The Bertz CT molecular complexity index is 781. The Morgan fingerprint density at radius 3 is 2.80 bits per heavy atom. The van der Waals surface area contributed by atoms with Crippen molar-refractivity contribution in [2.45, 2.75) is 50.9 Å². The first-order valence-electron chi connectivity index (χ1n) is 9.05. The van der Waals surface area contributed by atoms with E-state index in [-0.39, 0.29) is 11.4 Å². The van der Waals surface area contributed by atoms with Crippen LogP contribution in [-0.2, 0) is 14.9 Å². The van der Waals surface area contributed by atoms with Gasteiger partial charge in [0.2, 0.25) is 0 Å². The van der Waals surface area contributed by atoms with Crippen LogP contribution in [0.15, 0.2) is 36.5 Å². The predicted octanol–water partition coefficient (Wildman–Crippen LogP) is 4.53. The first-order chi connectivity index (χ1) is 12.2. The number of aromatic nitrogens is 1. The molecule has 0 aliphatic heterocycles. The summed E-state index contributed by atoms with van der Waals surface area (Å²) in [4.78, 5) is 16.2. The van der Waals surface area contributed by atoms with Crippen molar-refractivity contribution < 1.29 is 9.53 Å². The minimum atomic E-state index is -0.136. The normalized spacial score (nSPS) is 23.1. The fourth-order valence-electron chi connectivity index (χ4n) is 4.14. The van der Waals surface area contributed by atoms with Gasteiger partial charge in [0.1, 0.15) is 0 Å². The van der Waals surface area contributed by atoms with Crippen molar-refractivity contribution in [1.82, 2.24) is 4.98 Å². The van der Waals surface area contributed by atoms with Gasteiger partial charge >= 0.3 is 5.97 Å². The summed E-state index contributed by atoms with van der Waals surface area (Å²) in [6.07, 6.45) is 6.62. The number of hydrogen-bond acceptors (Lipinski definition) is 4. The van der Waals surface area contributed by atoms with Crippen molar-refractivity contribution in [1.29, 1.82) is 5.26 Å². The molecule has 0 atom stereocenters. The average Bonchev–Trinajstić information content (AvgIpc) is 2.63. The van der Waals surface area contributed by atoms with Crippen LogP contribution in [0.1, 0.15) is 51.0 Å². The fourth-order valence-corrected chi connectivity index (χ4v) is 4.14. The predicted molar refractivity (Wildman–Crippen MR) is 96.9 cm³/mol. The number of carbonyl (C=O) groups excluding carboxylic acids is 1. The van der Waals surface area contributed by atoms with E-state index in [9.17, 15) is 10.1 Å².